The second-order valence-electron chi connectivity index (χ2n) is 9.22. The van der Waals surface area contributed by atoms with E-state index in [9.17, 15) is 13.2 Å². The van der Waals surface area contributed by atoms with E-state index in [4.69, 9.17) is 0 Å². The van der Waals surface area contributed by atoms with Gasteiger partial charge in [-0.1, -0.05) is 19.9 Å². The summed E-state index contributed by atoms with van der Waals surface area (Å²) in [6.45, 7) is 14.3. The Morgan fingerprint density at radius 3 is 2.21 bits per heavy atom. The Bertz CT molecular complexity index is 837. The van der Waals surface area contributed by atoms with Gasteiger partial charge in [0.15, 0.2) is 6.04 Å². The normalized spacial score (nSPS) is 25.8. The average Bonchev–Trinajstić information content (AvgIpc) is 2.68. The molecule has 2 aliphatic rings. The van der Waals surface area contributed by atoms with Crippen LogP contribution in [0.3, 0.4) is 0 Å². The van der Waals surface area contributed by atoms with Crippen molar-refractivity contribution in [2.45, 2.75) is 52.0 Å². The molecule has 0 radical (unpaired) electrons. The summed E-state index contributed by atoms with van der Waals surface area (Å²) in [4.78, 5) is 16.6. The van der Waals surface area contributed by atoms with Crippen molar-refractivity contribution >= 4 is 15.9 Å². The minimum Gasteiger partial charge on any atom is -0.337 e. The second-order valence-corrected chi connectivity index (χ2v) is 11.2. The molecule has 0 aromatic heterocycles. The summed E-state index contributed by atoms with van der Waals surface area (Å²) < 4.78 is 27.6. The lowest BCUT2D eigenvalue weighted by molar-refractivity contribution is -0.918. The van der Waals surface area contributed by atoms with Gasteiger partial charge in [-0.2, -0.15) is 4.31 Å². The summed E-state index contributed by atoms with van der Waals surface area (Å²) in [5.74, 6) is 1.30. The van der Waals surface area contributed by atoms with Gasteiger partial charge < -0.3 is 9.80 Å². The van der Waals surface area contributed by atoms with Crippen LogP contribution in [0.5, 0.6) is 0 Å². The van der Waals surface area contributed by atoms with Gasteiger partial charge in [0.1, 0.15) is 0 Å². The molecule has 162 valence electrons. The van der Waals surface area contributed by atoms with Gasteiger partial charge in [-0.05, 0) is 62.3 Å². The van der Waals surface area contributed by atoms with E-state index in [0.717, 1.165) is 24.2 Å². The highest BCUT2D eigenvalue weighted by atomic mass is 32.2. The smallest absolute Gasteiger partial charge is 0.280 e. The summed E-state index contributed by atoms with van der Waals surface area (Å²) in [7, 11) is -3.48. The summed E-state index contributed by atoms with van der Waals surface area (Å²) in [6, 6.07) is 5.20. The first-order valence-electron chi connectivity index (χ1n) is 10.8. The monoisotopic (exact) mass is 422 g/mol. The van der Waals surface area contributed by atoms with E-state index < -0.39 is 10.0 Å². The number of hydrogen-bond donors (Lipinski definition) is 1. The molecule has 2 heterocycles. The van der Waals surface area contributed by atoms with Crippen molar-refractivity contribution in [3.8, 4) is 0 Å². The SMILES string of the molecule is Cc1ccc(S(=O)(=O)N2CC[NH+]([C@@H](C)C(=O)N3C[C@H](C)C[C@H](C)C3)CC2)cc1C. The highest BCUT2D eigenvalue weighted by Crippen LogP contribution is 2.22. The van der Waals surface area contributed by atoms with Crippen LogP contribution in [0.1, 0.15) is 38.3 Å². The van der Waals surface area contributed by atoms with Crippen molar-refractivity contribution in [1.29, 1.82) is 0 Å². The minimum absolute atomic E-state index is 0.126. The van der Waals surface area contributed by atoms with Crippen molar-refractivity contribution in [2.75, 3.05) is 39.3 Å². The fraction of sp³-hybridized carbons (Fsp3) is 0.682. The summed E-state index contributed by atoms with van der Waals surface area (Å²) >= 11 is 0. The molecule has 2 aliphatic heterocycles. The number of nitrogens with one attached hydrogen (secondary N) is 1. The zero-order chi connectivity index (χ0) is 21.3. The predicted octanol–water partition coefficient (Wildman–Crippen LogP) is 1.09. The average molecular weight is 423 g/mol. The minimum atomic E-state index is -3.48. The Kier molecular flexibility index (Phi) is 6.70. The van der Waals surface area contributed by atoms with Crippen LogP contribution in [-0.2, 0) is 14.8 Å². The van der Waals surface area contributed by atoms with Gasteiger partial charge >= 0.3 is 0 Å². The number of nitrogens with zero attached hydrogens (tertiary/aromatic N) is 2. The van der Waals surface area contributed by atoms with Crippen molar-refractivity contribution < 1.29 is 18.1 Å². The number of benzene rings is 1. The molecule has 0 bridgehead atoms. The largest absolute Gasteiger partial charge is 0.337 e. The number of likely N-dealkylation sites (tertiary alicyclic amines) is 1. The molecule has 0 spiro atoms. The third-order valence-electron chi connectivity index (χ3n) is 6.64. The third kappa shape index (κ3) is 4.84. The van der Waals surface area contributed by atoms with E-state index in [0.29, 0.717) is 42.9 Å². The van der Waals surface area contributed by atoms with Crippen LogP contribution in [0.2, 0.25) is 0 Å². The number of carbonyl (C=O) groups excluding carboxylic acids is 1. The Hall–Kier alpha value is -1.44. The van der Waals surface area contributed by atoms with Gasteiger partial charge in [0, 0.05) is 13.1 Å². The molecule has 0 unspecified atom stereocenters. The molecule has 1 aromatic carbocycles. The second kappa shape index (κ2) is 8.74. The fourth-order valence-electron chi connectivity index (χ4n) is 4.76. The van der Waals surface area contributed by atoms with Crippen LogP contribution in [0.15, 0.2) is 23.1 Å². The Morgan fingerprint density at radius 1 is 1.07 bits per heavy atom. The van der Waals surface area contributed by atoms with Crippen LogP contribution in [0.25, 0.3) is 0 Å². The number of piperazine rings is 1. The van der Waals surface area contributed by atoms with Crippen LogP contribution in [-0.4, -0.2) is 68.8 Å². The summed E-state index contributed by atoms with van der Waals surface area (Å²) in [6.07, 6.45) is 1.18. The molecule has 2 fully saturated rings. The zero-order valence-corrected chi connectivity index (χ0v) is 19.3. The van der Waals surface area contributed by atoms with Crippen molar-refractivity contribution in [3.05, 3.63) is 29.3 Å². The van der Waals surface area contributed by atoms with Crippen molar-refractivity contribution in [2.24, 2.45) is 11.8 Å². The molecule has 7 heteroatoms. The highest BCUT2D eigenvalue weighted by molar-refractivity contribution is 7.89. The van der Waals surface area contributed by atoms with Crippen LogP contribution < -0.4 is 4.90 Å². The lowest BCUT2D eigenvalue weighted by Crippen LogP contribution is -3.19. The molecule has 1 amide bonds. The lowest BCUT2D eigenvalue weighted by atomic mass is 9.91. The standard InChI is InChI=1S/C22H35N3O3S/c1-16-12-17(2)15-24(14-16)22(26)20(5)23-8-10-25(11-9-23)29(27,28)21-7-6-18(3)19(4)13-21/h6-7,13,16-17,20H,8-12,14-15H2,1-5H3/p+1/t16-,17+,20-/m0/s1. The number of rotatable bonds is 4. The quantitative estimate of drug-likeness (QED) is 0.790. The van der Waals surface area contributed by atoms with Crippen LogP contribution in [0, 0.1) is 25.7 Å². The van der Waals surface area contributed by atoms with Gasteiger partial charge in [-0.3, -0.25) is 4.79 Å². The number of aryl methyl sites for hydroxylation is 2. The summed E-state index contributed by atoms with van der Waals surface area (Å²) in [5, 5.41) is 0. The maximum absolute atomic E-state index is 13.0. The first kappa shape index (κ1) is 22.2. The highest BCUT2D eigenvalue weighted by Gasteiger charge is 2.37. The lowest BCUT2D eigenvalue weighted by Gasteiger charge is -2.39. The fourth-order valence-corrected chi connectivity index (χ4v) is 6.29. The van der Waals surface area contributed by atoms with Crippen molar-refractivity contribution in [1.82, 2.24) is 9.21 Å². The number of amides is 1. The topological polar surface area (TPSA) is 62.1 Å². The maximum Gasteiger partial charge on any atom is 0.280 e. The summed E-state index contributed by atoms with van der Waals surface area (Å²) in [5.41, 5.74) is 2.08. The van der Waals surface area contributed by atoms with Gasteiger partial charge in [-0.25, -0.2) is 8.42 Å². The first-order valence-corrected chi connectivity index (χ1v) is 12.2. The third-order valence-corrected chi connectivity index (χ3v) is 8.54. The van der Waals surface area contributed by atoms with Crippen LogP contribution in [0.4, 0.5) is 0 Å². The first-order chi connectivity index (χ1) is 13.6. The van der Waals surface area contributed by atoms with E-state index in [-0.39, 0.29) is 11.9 Å². The Labute approximate surface area is 175 Å². The number of piperidine rings is 1. The molecule has 0 aliphatic carbocycles. The Morgan fingerprint density at radius 2 is 1.66 bits per heavy atom. The molecule has 1 aromatic rings. The van der Waals surface area contributed by atoms with E-state index in [2.05, 4.69) is 13.8 Å². The number of sulfonamides is 1. The molecular weight excluding hydrogens is 386 g/mol. The Balaban J connectivity index is 1.62. The molecule has 0 saturated carbocycles. The van der Waals surface area contributed by atoms with E-state index in [1.54, 1.807) is 16.4 Å². The molecule has 29 heavy (non-hydrogen) atoms. The van der Waals surface area contributed by atoms with E-state index in [1.807, 2.05) is 31.7 Å². The molecule has 1 N–H and O–H groups in total. The van der Waals surface area contributed by atoms with E-state index >= 15 is 0 Å². The van der Waals surface area contributed by atoms with Gasteiger partial charge in [-0.15, -0.1) is 0 Å². The van der Waals surface area contributed by atoms with Gasteiger partial charge in [0.05, 0.1) is 31.1 Å². The molecule has 3 atom stereocenters. The zero-order valence-electron chi connectivity index (χ0n) is 18.4. The number of hydrogen-bond acceptors (Lipinski definition) is 3. The maximum atomic E-state index is 13.0. The molecule has 6 nitrogen and oxygen atoms in total. The molecule has 2 saturated heterocycles. The van der Waals surface area contributed by atoms with Crippen molar-refractivity contribution in [3.63, 3.8) is 0 Å². The van der Waals surface area contributed by atoms with Gasteiger partial charge in [0.2, 0.25) is 10.0 Å². The van der Waals surface area contributed by atoms with E-state index in [1.165, 1.54) is 11.3 Å². The van der Waals surface area contributed by atoms with Crippen LogP contribution >= 0.6 is 0 Å². The van der Waals surface area contributed by atoms with Gasteiger partial charge in [0.25, 0.3) is 5.91 Å². The number of carbonyl (C=O) groups is 1. The molecular formula is C22H36N3O3S+. The predicted molar refractivity (Wildman–Crippen MR) is 114 cm³/mol. The molecule has 3 rings (SSSR count). The number of quaternary nitrogens is 1.